The molecule has 1 aliphatic rings. The third-order valence-corrected chi connectivity index (χ3v) is 3.50. The molecule has 0 aromatic carbocycles. The van der Waals surface area contributed by atoms with Crippen LogP contribution in [0.1, 0.15) is 33.1 Å². The Labute approximate surface area is 124 Å². The van der Waals surface area contributed by atoms with E-state index < -0.39 is 0 Å². The van der Waals surface area contributed by atoms with Crippen LogP contribution in [0.15, 0.2) is 0 Å². The van der Waals surface area contributed by atoms with Crippen molar-refractivity contribution in [2.45, 2.75) is 39.2 Å². The topological polar surface area (TPSA) is 107 Å². The van der Waals surface area contributed by atoms with E-state index in [9.17, 15) is 0 Å². The smallest absolute Gasteiger partial charge is 0.323 e. The van der Waals surface area contributed by atoms with Gasteiger partial charge in [-0.3, -0.25) is 5.43 Å². The van der Waals surface area contributed by atoms with Crippen molar-refractivity contribution in [1.29, 1.82) is 0 Å². The highest BCUT2D eigenvalue weighted by atomic mass is 16.5. The minimum Gasteiger partial charge on any atom is -0.461 e. The summed E-state index contributed by atoms with van der Waals surface area (Å²) in [5.41, 5.74) is 2.73. The summed E-state index contributed by atoms with van der Waals surface area (Å²) in [6, 6.07) is 0.261. The van der Waals surface area contributed by atoms with Crippen molar-refractivity contribution in [3.63, 3.8) is 0 Å². The van der Waals surface area contributed by atoms with Crippen molar-refractivity contribution >= 4 is 11.9 Å². The van der Waals surface area contributed by atoms with Crippen LogP contribution < -0.4 is 21.3 Å². The maximum atomic E-state index is 5.49. The molecule has 2 rings (SSSR count). The lowest BCUT2D eigenvalue weighted by Crippen LogP contribution is -2.20. The molecule has 1 aromatic heterocycles. The summed E-state index contributed by atoms with van der Waals surface area (Å²) >= 11 is 0. The third kappa shape index (κ3) is 4.68. The zero-order valence-corrected chi connectivity index (χ0v) is 12.8. The second-order valence-corrected chi connectivity index (χ2v) is 5.67. The molecule has 0 amide bonds. The Morgan fingerprint density at radius 3 is 2.52 bits per heavy atom. The van der Waals surface area contributed by atoms with E-state index in [0.29, 0.717) is 11.4 Å². The minimum absolute atomic E-state index is 0.0117. The van der Waals surface area contributed by atoms with Gasteiger partial charge < -0.3 is 14.8 Å². The van der Waals surface area contributed by atoms with E-state index >= 15 is 0 Å². The number of anilines is 2. The molecule has 0 aliphatic heterocycles. The van der Waals surface area contributed by atoms with E-state index in [-0.39, 0.29) is 18.1 Å². The number of hydrazine groups is 1. The van der Waals surface area contributed by atoms with Gasteiger partial charge in [-0.2, -0.15) is 15.0 Å². The number of rotatable bonds is 9. The molecule has 1 aromatic rings. The van der Waals surface area contributed by atoms with Gasteiger partial charge in [-0.25, -0.2) is 5.84 Å². The van der Waals surface area contributed by atoms with Crippen LogP contribution >= 0.6 is 0 Å². The zero-order valence-electron chi connectivity index (χ0n) is 12.8. The fourth-order valence-electron chi connectivity index (χ4n) is 2.04. The highest BCUT2D eigenvalue weighted by Gasteiger charge is 2.41. The lowest BCUT2D eigenvalue weighted by molar-refractivity contribution is 0.174. The van der Waals surface area contributed by atoms with Gasteiger partial charge in [-0.05, 0) is 38.5 Å². The van der Waals surface area contributed by atoms with Crippen LogP contribution in [0.2, 0.25) is 0 Å². The predicted molar refractivity (Wildman–Crippen MR) is 80.1 cm³/mol. The highest BCUT2D eigenvalue weighted by Crippen LogP contribution is 2.48. The Bertz CT molecular complexity index is 464. The van der Waals surface area contributed by atoms with E-state index in [1.807, 2.05) is 13.8 Å². The van der Waals surface area contributed by atoms with E-state index in [0.717, 1.165) is 19.6 Å². The second-order valence-electron chi connectivity index (χ2n) is 5.67. The Morgan fingerprint density at radius 1 is 1.24 bits per heavy atom. The number of hydrogen-bond donors (Lipinski definition) is 3. The van der Waals surface area contributed by atoms with Gasteiger partial charge in [0.15, 0.2) is 0 Å². The molecule has 0 atom stereocenters. The normalized spacial score (nSPS) is 15.9. The van der Waals surface area contributed by atoms with E-state index in [1.54, 1.807) is 7.11 Å². The van der Waals surface area contributed by atoms with Crippen LogP contribution in [-0.2, 0) is 4.74 Å². The van der Waals surface area contributed by atoms with Gasteiger partial charge in [0, 0.05) is 20.3 Å². The SMILES string of the molecule is COCCC1(CNc2nc(NN)nc(OC(C)C)n2)CC1. The van der Waals surface area contributed by atoms with Gasteiger partial charge in [-0.15, -0.1) is 0 Å². The van der Waals surface area contributed by atoms with Gasteiger partial charge in [0.25, 0.3) is 0 Å². The molecule has 1 heterocycles. The lowest BCUT2D eigenvalue weighted by atomic mass is 10.0. The molecule has 118 valence electrons. The molecular formula is C13H24N6O2. The summed E-state index contributed by atoms with van der Waals surface area (Å²) in [5.74, 6) is 6.13. The van der Waals surface area contributed by atoms with Crippen molar-refractivity contribution in [2.75, 3.05) is 31.0 Å². The summed E-state index contributed by atoms with van der Waals surface area (Å²) < 4.78 is 10.6. The van der Waals surface area contributed by atoms with Crippen molar-refractivity contribution < 1.29 is 9.47 Å². The molecule has 21 heavy (non-hydrogen) atoms. The lowest BCUT2D eigenvalue weighted by Gasteiger charge is -2.16. The molecule has 0 saturated heterocycles. The number of hydrogen-bond acceptors (Lipinski definition) is 8. The van der Waals surface area contributed by atoms with Crippen LogP contribution in [0, 0.1) is 5.41 Å². The number of ether oxygens (including phenoxy) is 2. The Kier molecular flexibility index (Phi) is 5.13. The van der Waals surface area contributed by atoms with Crippen LogP contribution in [0.3, 0.4) is 0 Å². The largest absolute Gasteiger partial charge is 0.461 e. The fraction of sp³-hybridized carbons (Fsp3) is 0.769. The first-order valence-electron chi connectivity index (χ1n) is 7.19. The Hall–Kier alpha value is -1.67. The number of methoxy groups -OCH3 is 1. The first kappa shape index (κ1) is 15.7. The van der Waals surface area contributed by atoms with E-state index in [4.69, 9.17) is 15.3 Å². The number of nitrogens with zero attached hydrogens (tertiary/aromatic N) is 3. The standard InChI is InChI=1S/C13H24N6O2/c1-9(2)21-12-17-10(16-11(18-12)19-14)15-8-13(4-5-13)6-7-20-3/h9H,4-8,14H2,1-3H3,(H2,15,16,17,18,19). The summed E-state index contributed by atoms with van der Waals surface area (Å²) in [5, 5.41) is 3.25. The monoisotopic (exact) mass is 296 g/mol. The van der Waals surface area contributed by atoms with Gasteiger partial charge in [0.2, 0.25) is 11.9 Å². The molecule has 1 fully saturated rings. The third-order valence-electron chi connectivity index (χ3n) is 3.50. The molecule has 0 radical (unpaired) electrons. The molecule has 1 saturated carbocycles. The van der Waals surface area contributed by atoms with Crippen LogP contribution in [0.4, 0.5) is 11.9 Å². The van der Waals surface area contributed by atoms with E-state index in [2.05, 4.69) is 25.7 Å². The minimum atomic E-state index is -0.0117. The average molecular weight is 296 g/mol. The van der Waals surface area contributed by atoms with Crippen molar-refractivity contribution in [3.05, 3.63) is 0 Å². The highest BCUT2D eigenvalue weighted by molar-refractivity contribution is 5.35. The van der Waals surface area contributed by atoms with Gasteiger partial charge in [-0.1, -0.05) is 0 Å². The number of nitrogens with two attached hydrogens (primary N) is 1. The van der Waals surface area contributed by atoms with Crippen molar-refractivity contribution in [3.8, 4) is 6.01 Å². The number of nitrogen functional groups attached to an aromatic ring is 1. The maximum Gasteiger partial charge on any atom is 0.323 e. The molecular weight excluding hydrogens is 272 g/mol. The average Bonchev–Trinajstić information content (AvgIpc) is 3.22. The quantitative estimate of drug-likeness (QED) is 0.460. The number of nitrogens with one attached hydrogen (secondary N) is 2. The molecule has 4 N–H and O–H groups in total. The number of aromatic nitrogens is 3. The second kappa shape index (κ2) is 6.86. The van der Waals surface area contributed by atoms with Gasteiger partial charge >= 0.3 is 6.01 Å². The van der Waals surface area contributed by atoms with Crippen molar-refractivity contribution in [2.24, 2.45) is 11.3 Å². The zero-order chi connectivity index (χ0) is 15.3. The molecule has 0 unspecified atom stereocenters. The summed E-state index contributed by atoms with van der Waals surface area (Å²) in [7, 11) is 1.73. The van der Waals surface area contributed by atoms with E-state index in [1.165, 1.54) is 12.8 Å². The van der Waals surface area contributed by atoms with Crippen LogP contribution in [0.25, 0.3) is 0 Å². The summed E-state index contributed by atoms with van der Waals surface area (Å²) in [6.07, 6.45) is 3.43. The Morgan fingerprint density at radius 2 is 1.95 bits per heavy atom. The first-order valence-corrected chi connectivity index (χ1v) is 7.19. The van der Waals surface area contributed by atoms with Gasteiger partial charge in [0.05, 0.1) is 6.10 Å². The summed E-state index contributed by atoms with van der Waals surface area (Å²) in [4.78, 5) is 12.5. The maximum absolute atomic E-state index is 5.49. The molecule has 1 aliphatic carbocycles. The molecule has 8 nitrogen and oxygen atoms in total. The van der Waals surface area contributed by atoms with Crippen molar-refractivity contribution in [1.82, 2.24) is 15.0 Å². The van der Waals surface area contributed by atoms with Crippen LogP contribution in [0.5, 0.6) is 6.01 Å². The van der Waals surface area contributed by atoms with Crippen LogP contribution in [-0.4, -0.2) is 41.3 Å². The first-order chi connectivity index (χ1) is 10.1. The predicted octanol–water partition coefficient (Wildman–Crippen LogP) is 1.17. The van der Waals surface area contributed by atoms with Gasteiger partial charge in [0.1, 0.15) is 0 Å². The fourth-order valence-corrected chi connectivity index (χ4v) is 2.04. The summed E-state index contributed by atoms with van der Waals surface area (Å²) in [6.45, 7) is 5.41. The molecule has 0 bridgehead atoms. The molecule has 0 spiro atoms. The molecule has 8 heteroatoms. The Balaban J connectivity index is 1.98.